The van der Waals surface area contributed by atoms with E-state index in [0.717, 1.165) is 0 Å². The number of likely N-dealkylation sites (N-methyl/N-ethyl adjacent to an activating group) is 1. The molecule has 14 nitrogen and oxygen atoms in total. The first kappa shape index (κ1) is 58.4. The number of methoxy groups -OCH3 is 2. The van der Waals surface area contributed by atoms with Crippen molar-refractivity contribution in [2.24, 2.45) is 23.7 Å². The van der Waals surface area contributed by atoms with Gasteiger partial charge in [-0.05, 0) is 84.9 Å². The molecule has 0 saturated carbocycles. The highest BCUT2D eigenvalue weighted by Gasteiger charge is 2.56. The Kier molecular flexibility index (Phi) is 22.9. The number of hydrogen-bond donors (Lipinski definition) is 0. The van der Waals surface area contributed by atoms with Crippen LogP contribution in [-0.2, 0) is 61.6 Å². The van der Waals surface area contributed by atoms with E-state index in [1.54, 1.807) is 21.1 Å². The number of ketones is 1. The molecule has 3 aliphatic heterocycles. The van der Waals surface area contributed by atoms with E-state index in [1.165, 1.54) is 11.1 Å². The molecule has 3 aliphatic rings. The summed E-state index contributed by atoms with van der Waals surface area (Å²) < 4.78 is 71.1. The highest BCUT2D eigenvalue weighted by atomic mass is 127. The average molecular weight is 1370 g/mol. The van der Waals surface area contributed by atoms with Gasteiger partial charge in [0.05, 0.1) is 41.5 Å². The minimum Gasteiger partial charge on any atom is -0.459 e. The molecule has 65 heavy (non-hydrogen) atoms. The number of carbonyl (C=O) groups excluding carboxylic acids is 2. The monoisotopic (exact) mass is 1370 g/mol. The Morgan fingerprint density at radius 2 is 1.38 bits per heavy atom. The van der Waals surface area contributed by atoms with Crippen molar-refractivity contribution in [2.45, 2.75) is 205 Å². The maximum absolute atomic E-state index is 14.8. The van der Waals surface area contributed by atoms with Gasteiger partial charge in [-0.1, -0.05) is 65.8 Å². The molecule has 0 spiro atoms. The predicted octanol–water partition coefficient (Wildman–Crippen LogP) is 10.6. The van der Waals surface area contributed by atoms with Gasteiger partial charge in [0.15, 0.2) is 12.6 Å². The first-order chi connectivity index (χ1) is 30.5. The van der Waals surface area contributed by atoms with Crippen molar-refractivity contribution in [3.05, 3.63) is 35.4 Å². The molecule has 0 radical (unpaired) electrons. The molecule has 4 rings (SSSR count). The maximum Gasteiger partial charge on any atom is 0.311 e. The van der Waals surface area contributed by atoms with Crippen LogP contribution in [0.5, 0.6) is 0 Å². The fourth-order valence-electron chi connectivity index (χ4n) is 10.4. The molecular weight excluding hydrogens is 1290 g/mol. The summed E-state index contributed by atoms with van der Waals surface area (Å²) in [6.45, 7) is 24.2. The number of hydrogen-bond acceptors (Lipinski definition) is 14. The molecule has 3 fully saturated rings. The van der Waals surface area contributed by atoms with Crippen LogP contribution in [0.2, 0.25) is 0 Å². The Balaban J connectivity index is 1.87. The number of carbonyl (C=O) groups is 2. The molecule has 3 unspecified atom stereocenters. The lowest BCUT2D eigenvalue weighted by molar-refractivity contribution is -0.313. The molecule has 18 atom stereocenters. The zero-order chi connectivity index (χ0) is 48.8. The minimum atomic E-state index is -1.20. The SMILES string of the molecule is CCC1OC(=O)[C@H](C)[C@H](OC2C[C@@](C)(OC)[C@@H](OI)[C@H](C)O2)[C@H](C)[C@@H](OC2O[C@H](C)C[C@H](N(C)Cc3ccc(C(C)C)cc3)[C@H]2OI)[C@@](C)(OC)C[C@@H](C)C(=O)[C@H](C)[C@@H](OI)[C@]1(C)OI. The third kappa shape index (κ3) is 13.5. The van der Waals surface area contributed by atoms with Gasteiger partial charge in [0.2, 0.25) is 0 Å². The first-order valence-electron chi connectivity index (χ1n) is 22.9. The Labute approximate surface area is 445 Å². The molecule has 0 N–H and O–H groups in total. The lowest BCUT2D eigenvalue weighted by Crippen LogP contribution is -2.61. The van der Waals surface area contributed by atoms with Crippen LogP contribution >= 0.6 is 92.0 Å². The van der Waals surface area contributed by atoms with Crippen LogP contribution in [0.25, 0.3) is 0 Å². The number of halogens is 4. The fourth-order valence-corrected chi connectivity index (χ4v) is 13.4. The molecule has 0 aliphatic carbocycles. The van der Waals surface area contributed by atoms with Crippen molar-refractivity contribution < 1.29 is 55.0 Å². The summed E-state index contributed by atoms with van der Waals surface area (Å²) in [5.74, 6) is -2.82. The van der Waals surface area contributed by atoms with Gasteiger partial charge in [0.1, 0.15) is 128 Å². The Morgan fingerprint density at radius 1 is 0.785 bits per heavy atom. The standard InChI is InChI=1S/C47H75I4NO13/c1-16-35-47(12,65-51)41(63-49)28(6)37(53)26(4)22-45(10,55-14)40(29(7)38(30(8)43(54)59-35)60-36-23-46(11,56-15)42(64-50)31(9)58-36)61-44-39(62-48)34(21-27(5)57-44)52(13)24-32-17-19-33(20-18-32)25(2)3/h17-20,25-31,34-36,38-42,44H,16,21-24H2,1-15H3/t26-,27-,28+,29+,30-,31+,34+,35?,36?,38-,39-,40-,41-,42+,44?,45+,46-,47-/m1/s1. The van der Waals surface area contributed by atoms with E-state index in [9.17, 15) is 9.59 Å². The molecule has 374 valence electrons. The normalized spacial score (nSPS) is 41.6. The number of rotatable bonds is 15. The van der Waals surface area contributed by atoms with Crippen LogP contribution in [0.4, 0.5) is 0 Å². The van der Waals surface area contributed by atoms with E-state index < -0.39 is 102 Å². The number of benzene rings is 1. The summed E-state index contributed by atoms with van der Waals surface area (Å²) in [6, 6.07) is 8.66. The second-order valence-electron chi connectivity index (χ2n) is 19.7. The number of nitrogens with zero attached hydrogens (tertiary/aromatic N) is 1. The Hall–Kier alpha value is 0.840. The number of cyclic esters (lactones) is 1. The van der Waals surface area contributed by atoms with E-state index in [0.29, 0.717) is 31.7 Å². The van der Waals surface area contributed by atoms with Gasteiger partial charge in [0.25, 0.3) is 0 Å². The molecule has 3 saturated heterocycles. The van der Waals surface area contributed by atoms with Crippen molar-refractivity contribution >= 4 is 104 Å². The zero-order valence-corrected chi connectivity index (χ0v) is 49.5. The smallest absolute Gasteiger partial charge is 0.311 e. The van der Waals surface area contributed by atoms with E-state index in [-0.39, 0.29) is 24.3 Å². The summed E-state index contributed by atoms with van der Waals surface area (Å²) in [4.78, 5) is 31.8. The molecule has 3 heterocycles. The van der Waals surface area contributed by atoms with Crippen LogP contribution in [0.1, 0.15) is 126 Å². The fraction of sp³-hybridized carbons (Fsp3) is 0.830. The number of ether oxygens (including phenoxy) is 7. The van der Waals surface area contributed by atoms with Gasteiger partial charge in [-0.2, -0.15) is 0 Å². The van der Waals surface area contributed by atoms with Gasteiger partial charge in [-0.3, -0.25) is 14.5 Å². The van der Waals surface area contributed by atoms with E-state index >= 15 is 0 Å². The highest BCUT2D eigenvalue weighted by Crippen LogP contribution is 2.44. The van der Waals surface area contributed by atoms with E-state index in [1.807, 2.05) is 154 Å². The van der Waals surface area contributed by atoms with Gasteiger partial charge in [-0.15, -0.1) is 0 Å². The third-order valence-corrected chi connectivity index (χ3v) is 17.2. The van der Waals surface area contributed by atoms with Crippen molar-refractivity contribution in [1.82, 2.24) is 4.90 Å². The van der Waals surface area contributed by atoms with Gasteiger partial charge >= 0.3 is 5.97 Å². The predicted molar refractivity (Wildman–Crippen MR) is 281 cm³/mol. The number of esters is 1. The molecule has 0 bridgehead atoms. The molecule has 18 heteroatoms. The summed E-state index contributed by atoms with van der Waals surface area (Å²) in [5.41, 5.74) is -0.659. The Bertz CT molecular complexity index is 1670. The van der Waals surface area contributed by atoms with Crippen LogP contribution in [0, 0.1) is 23.7 Å². The molecule has 0 aromatic heterocycles. The largest absolute Gasteiger partial charge is 0.459 e. The Morgan fingerprint density at radius 3 is 1.91 bits per heavy atom. The third-order valence-electron chi connectivity index (χ3n) is 14.6. The molecular formula is C47H75I4NO13. The molecule has 1 aromatic carbocycles. The second kappa shape index (κ2) is 25.5. The lowest BCUT2D eigenvalue weighted by Gasteiger charge is -2.50. The topological polar surface area (TPSA) is 139 Å². The quantitative estimate of drug-likeness (QED) is 0.122. The molecule has 1 aromatic rings. The summed E-state index contributed by atoms with van der Waals surface area (Å²) in [5, 5.41) is 0. The van der Waals surface area contributed by atoms with Gasteiger partial charge < -0.3 is 45.4 Å². The van der Waals surface area contributed by atoms with E-state index in [4.69, 9.17) is 45.4 Å². The summed E-state index contributed by atoms with van der Waals surface area (Å²) in [7, 11) is 5.37. The zero-order valence-electron chi connectivity index (χ0n) is 40.8. The minimum absolute atomic E-state index is 0.0602. The van der Waals surface area contributed by atoms with E-state index in [2.05, 4.69) is 50.1 Å². The van der Waals surface area contributed by atoms with Crippen LogP contribution in [0.3, 0.4) is 0 Å². The maximum atomic E-state index is 14.8. The van der Waals surface area contributed by atoms with Gasteiger partial charge in [-0.25, -0.2) is 0 Å². The van der Waals surface area contributed by atoms with Gasteiger partial charge in [0, 0.05) is 51.0 Å². The lowest BCUT2D eigenvalue weighted by atomic mass is 9.74. The van der Waals surface area contributed by atoms with Crippen LogP contribution in [-0.4, -0.2) is 122 Å². The summed E-state index contributed by atoms with van der Waals surface area (Å²) >= 11 is 7.49. The van der Waals surface area contributed by atoms with Crippen molar-refractivity contribution in [3.8, 4) is 0 Å². The first-order valence-corrected chi connectivity index (χ1v) is 26.4. The van der Waals surface area contributed by atoms with Crippen molar-refractivity contribution in [1.29, 1.82) is 0 Å². The van der Waals surface area contributed by atoms with Crippen LogP contribution < -0.4 is 0 Å². The second-order valence-corrected chi connectivity index (χ2v) is 21.7. The number of Topliss-reactive ketones (excluding diaryl/α,β-unsaturated/α-hetero) is 1. The van der Waals surface area contributed by atoms with Crippen molar-refractivity contribution in [2.75, 3.05) is 21.3 Å². The summed E-state index contributed by atoms with van der Waals surface area (Å²) in [6.07, 6.45) is -4.93. The van der Waals surface area contributed by atoms with Crippen LogP contribution in [0.15, 0.2) is 24.3 Å². The molecule has 0 amide bonds. The van der Waals surface area contributed by atoms with Crippen molar-refractivity contribution in [3.63, 3.8) is 0 Å². The highest BCUT2D eigenvalue weighted by molar-refractivity contribution is 14.1. The average Bonchev–Trinajstić information content (AvgIpc) is 3.27.